The average Bonchev–Trinajstić information content (AvgIpc) is 3.38. The number of amides is 1. The van der Waals surface area contributed by atoms with Gasteiger partial charge in [-0.2, -0.15) is 10.2 Å². The first-order valence-electron chi connectivity index (χ1n) is 13.3. The highest BCUT2D eigenvalue weighted by atomic mass is 16.5. The van der Waals surface area contributed by atoms with Crippen molar-refractivity contribution in [1.29, 1.82) is 0 Å². The third-order valence-electron chi connectivity index (χ3n) is 7.33. The van der Waals surface area contributed by atoms with E-state index in [9.17, 15) is 9.59 Å². The van der Waals surface area contributed by atoms with Crippen LogP contribution in [0.15, 0.2) is 52.4 Å². The summed E-state index contributed by atoms with van der Waals surface area (Å²) in [6.07, 6.45) is 2.76. The van der Waals surface area contributed by atoms with Crippen molar-refractivity contribution in [3.63, 3.8) is 0 Å². The summed E-state index contributed by atoms with van der Waals surface area (Å²) in [5, 5.41) is 11.2. The fraction of sp³-hybridized carbons (Fsp3) is 0.448. The third-order valence-corrected chi connectivity index (χ3v) is 7.33. The van der Waals surface area contributed by atoms with E-state index >= 15 is 0 Å². The monoisotopic (exact) mass is 516 g/mol. The first-order chi connectivity index (χ1) is 18.2. The number of likely N-dealkylation sites (tertiary alicyclic amines) is 1. The van der Waals surface area contributed by atoms with Crippen LogP contribution in [0, 0.1) is 5.92 Å². The number of rotatable bonds is 7. The fourth-order valence-corrected chi connectivity index (χ4v) is 5.51. The Bertz CT molecular complexity index is 1400. The maximum atomic E-state index is 12.5. The molecule has 5 rings (SSSR count). The van der Waals surface area contributed by atoms with Crippen LogP contribution >= 0.6 is 0 Å². The first kappa shape index (κ1) is 25.9. The molecule has 200 valence electrons. The summed E-state index contributed by atoms with van der Waals surface area (Å²) in [5.74, 6) is 1.30. The molecule has 2 bridgehead atoms. The Hall–Kier alpha value is -3.72. The Morgan fingerprint density at radius 2 is 2.05 bits per heavy atom. The first-order valence-corrected chi connectivity index (χ1v) is 13.3. The summed E-state index contributed by atoms with van der Waals surface area (Å²) in [5.41, 5.74) is 6.84. The van der Waals surface area contributed by atoms with Crippen molar-refractivity contribution < 1.29 is 9.53 Å². The highest BCUT2D eigenvalue weighted by Crippen LogP contribution is 2.36. The van der Waals surface area contributed by atoms with E-state index in [1.807, 2.05) is 29.7 Å². The lowest BCUT2D eigenvalue weighted by molar-refractivity contribution is 0.0950. The molecule has 0 radical (unpaired) electrons. The molecule has 1 fully saturated rings. The Kier molecular flexibility index (Phi) is 7.21. The maximum absolute atomic E-state index is 12.5. The van der Waals surface area contributed by atoms with Gasteiger partial charge in [0.15, 0.2) is 5.69 Å². The van der Waals surface area contributed by atoms with E-state index in [0.29, 0.717) is 24.1 Å². The Balaban J connectivity index is 1.28. The lowest BCUT2D eigenvalue weighted by Crippen LogP contribution is -2.46. The van der Waals surface area contributed by atoms with Crippen LogP contribution in [0.5, 0.6) is 5.75 Å². The van der Waals surface area contributed by atoms with Crippen LogP contribution in [0.4, 0.5) is 0 Å². The lowest BCUT2D eigenvalue weighted by atomic mass is 9.83. The van der Waals surface area contributed by atoms with E-state index in [2.05, 4.69) is 58.5 Å². The largest absolute Gasteiger partial charge is 0.494 e. The normalized spacial score (nSPS) is 19.4. The van der Waals surface area contributed by atoms with Gasteiger partial charge in [-0.1, -0.05) is 26.8 Å². The molecule has 9 nitrogen and oxygen atoms in total. The molecule has 38 heavy (non-hydrogen) atoms. The average molecular weight is 517 g/mol. The molecule has 1 saturated heterocycles. The number of ether oxygens (including phenoxy) is 1. The summed E-state index contributed by atoms with van der Waals surface area (Å²) < 4.78 is 7.89. The molecule has 2 N–H and O–H groups in total. The zero-order chi connectivity index (χ0) is 26.9. The SMILES string of the molecule is CCOc1ccc(C=NNC(=O)c2cc(C(C)(C)C)[nH]n2)cc1CN1CC2CC(C1)c1cccc(=O)n1C2. The van der Waals surface area contributed by atoms with Crippen LogP contribution < -0.4 is 15.7 Å². The molecule has 9 heteroatoms. The van der Waals surface area contributed by atoms with E-state index in [0.717, 1.165) is 60.9 Å². The zero-order valence-corrected chi connectivity index (χ0v) is 22.5. The predicted octanol–water partition coefficient (Wildman–Crippen LogP) is 3.65. The number of aromatic amines is 1. The Morgan fingerprint density at radius 3 is 2.82 bits per heavy atom. The molecule has 4 heterocycles. The number of fused-ring (bicyclic) bond motifs is 4. The number of hydrogen-bond donors (Lipinski definition) is 2. The number of pyridine rings is 1. The van der Waals surface area contributed by atoms with Crippen LogP contribution in [-0.4, -0.2) is 51.5 Å². The van der Waals surface area contributed by atoms with Gasteiger partial charge in [-0.25, -0.2) is 5.43 Å². The van der Waals surface area contributed by atoms with Gasteiger partial charge in [0.1, 0.15) is 5.75 Å². The van der Waals surface area contributed by atoms with Crippen LogP contribution in [0.2, 0.25) is 0 Å². The molecular weight excluding hydrogens is 480 g/mol. The number of nitrogens with one attached hydrogen (secondary N) is 2. The molecule has 2 aromatic heterocycles. The second kappa shape index (κ2) is 10.6. The minimum atomic E-state index is -0.363. The van der Waals surface area contributed by atoms with Crippen LogP contribution in [0.25, 0.3) is 0 Å². The summed E-state index contributed by atoms with van der Waals surface area (Å²) in [6.45, 7) is 12.1. The Morgan fingerprint density at radius 1 is 1.21 bits per heavy atom. The van der Waals surface area contributed by atoms with Crippen LogP contribution in [-0.2, 0) is 18.5 Å². The minimum Gasteiger partial charge on any atom is -0.494 e. The minimum absolute atomic E-state index is 0.102. The lowest BCUT2D eigenvalue weighted by Gasteiger charge is -2.43. The van der Waals surface area contributed by atoms with E-state index < -0.39 is 0 Å². The Labute approximate surface area is 222 Å². The number of aromatic nitrogens is 3. The second-order valence-corrected chi connectivity index (χ2v) is 11.3. The zero-order valence-electron chi connectivity index (χ0n) is 22.5. The van der Waals surface area contributed by atoms with Gasteiger partial charge in [0.05, 0.1) is 12.8 Å². The van der Waals surface area contributed by atoms with Crippen molar-refractivity contribution in [3.8, 4) is 5.75 Å². The van der Waals surface area contributed by atoms with Crippen molar-refractivity contribution in [2.75, 3.05) is 19.7 Å². The van der Waals surface area contributed by atoms with Crippen LogP contribution in [0.3, 0.4) is 0 Å². The van der Waals surface area contributed by atoms with Crippen molar-refractivity contribution in [2.45, 2.75) is 58.5 Å². The molecule has 0 saturated carbocycles. The van der Waals surface area contributed by atoms with Gasteiger partial charge in [-0.15, -0.1) is 0 Å². The highest BCUT2D eigenvalue weighted by molar-refractivity contribution is 5.93. The molecule has 1 aromatic carbocycles. The van der Waals surface area contributed by atoms with E-state index in [4.69, 9.17) is 4.74 Å². The number of hydrazone groups is 1. The van der Waals surface area contributed by atoms with E-state index in [-0.39, 0.29) is 16.9 Å². The van der Waals surface area contributed by atoms with Gasteiger partial charge in [-0.05, 0) is 55.2 Å². The number of nitrogens with zero attached hydrogens (tertiary/aromatic N) is 4. The van der Waals surface area contributed by atoms with Gasteiger partial charge in [-0.3, -0.25) is 19.6 Å². The van der Waals surface area contributed by atoms with Gasteiger partial charge in [0.25, 0.3) is 11.5 Å². The number of carbonyl (C=O) groups is 1. The summed E-state index contributed by atoms with van der Waals surface area (Å²) >= 11 is 0. The number of carbonyl (C=O) groups excluding carboxylic acids is 1. The van der Waals surface area contributed by atoms with Gasteiger partial charge >= 0.3 is 0 Å². The highest BCUT2D eigenvalue weighted by Gasteiger charge is 2.34. The van der Waals surface area contributed by atoms with Crippen molar-refractivity contribution in [2.24, 2.45) is 11.0 Å². The molecular formula is C29H36N6O3. The number of benzene rings is 1. The molecule has 1 amide bonds. The smallest absolute Gasteiger partial charge is 0.291 e. The van der Waals surface area contributed by atoms with E-state index in [1.54, 1.807) is 18.3 Å². The van der Waals surface area contributed by atoms with Gasteiger partial charge in [0.2, 0.25) is 0 Å². The molecule has 3 aromatic rings. The standard InChI is InChI=1S/C29H36N6O3/c1-5-38-25-10-9-19(14-30-33-28(37)23-13-26(32-31-23)29(2,3)4)11-22(25)18-34-15-20-12-21(17-34)24-7-6-8-27(36)35(24)16-20/h6-11,13-14,20-21H,5,12,15-18H2,1-4H3,(H,31,32)(H,33,37). The molecule has 0 spiro atoms. The number of piperidine rings is 1. The second-order valence-electron chi connectivity index (χ2n) is 11.3. The number of hydrogen-bond acceptors (Lipinski definition) is 6. The van der Waals surface area contributed by atoms with Gasteiger partial charge < -0.3 is 9.30 Å². The van der Waals surface area contributed by atoms with Crippen LogP contribution in [0.1, 0.15) is 73.0 Å². The fourth-order valence-electron chi connectivity index (χ4n) is 5.51. The summed E-state index contributed by atoms with van der Waals surface area (Å²) in [4.78, 5) is 27.3. The number of H-pyrrole nitrogens is 1. The summed E-state index contributed by atoms with van der Waals surface area (Å²) in [6, 6.07) is 13.3. The van der Waals surface area contributed by atoms with Crippen molar-refractivity contribution >= 4 is 12.1 Å². The molecule has 2 aliphatic rings. The molecule has 0 aliphatic carbocycles. The molecule has 2 aliphatic heterocycles. The predicted molar refractivity (Wildman–Crippen MR) is 147 cm³/mol. The van der Waals surface area contributed by atoms with Gasteiger partial charge in [0, 0.05) is 60.5 Å². The molecule has 2 unspecified atom stereocenters. The molecule has 2 atom stereocenters. The summed E-state index contributed by atoms with van der Waals surface area (Å²) in [7, 11) is 0. The third kappa shape index (κ3) is 5.57. The maximum Gasteiger partial charge on any atom is 0.291 e. The van der Waals surface area contributed by atoms with E-state index in [1.165, 1.54) is 0 Å². The van der Waals surface area contributed by atoms with Crippen molar-refractivity contribution in [1.82, 2.24) is 25.1 Å². The topological polar surface area (TPSA) is 105 Å². The van der Waals surface area contributed by atoms with Crippen molar-refractivity contribution in [3.05, 3.63) is 81.0 Å². The quantitative estimate of drug-likeness (QED) is 0.369.